The van der Waals surface area contributed by atoms with Crippen molar-refractivity contribution in [2.24, 2.45) is 0 Å². The minimum atomic E-state index is -0.777. The van der Waals surface area contributed by atoms with Crippen LogP contribution in [0.3, 0.4) is 0 Å². The number of hydrogen-bond donors (Lipinski definition) is 2. The molecule has 8 nitrogen and oxygen atoms in total. The summed E-state index contributed by atoms with van der Waals surface area (Å²) in [5, 5.41) is 6.71. The number of amides is 2. The molecule has 174 valence electrons. The van der Waals surface area contributed by atoms with Crippen molar-refractivity contribution in [3.05, 3.63) is 78.3 Å². The number of nitrogens with one attached hydrogen (secondary N) is 2. The monoisotopic (exact) mass is 476 g/mol. The first-order chi connectivity index (χ1) is 16.7. The molecule has 0 spiro atoms. The molecular weight excluding hydrogens is 452 g/mol. The number of ether oxygens (including phenoxy) is 1. The molecule has 5 rings (SSSR count). The maximum atomic E-state index is 13.2. The van der Waals surface area contributed by atoms with Gasteiger partial charge >= 0.3 is 0 Å². The number of nitrogens with zero attached hydrogens (tertiary/aromatic N) is 2. The van der Waals surface area contributed by atoms with Crippen molar-refractivity contribution in [1.29, 1.82) is 0 Å². The van der Waals surface area contributed by atoms with E-state index in [1.165, 1.54) is 6.26 Å². The van der Waals surface area contributed by atoms with E-state index >= 15 is 0 Å². The Morgan fingerprint density at radius 1 is 1.06 bits per heavy atom. The Labute approximate surface area is 200 Å². The van der Waals surface area contributed by atoms with Gasteiger partial charge < -0.3 is 24.7 Å². The number of fused-ring (bicyclic) bond motifs is 1. The summed E-state index contributed by atoms with van der Waals surface area (Å²) in [4.78, 5) is 32.7. The predicted octanol–water partition coefficient (Wildman–Crippen LogP) is 3.71. The van der Waals surface area contributed by atoms with Crippen molar-refractivity contribution >= 4 is 44.2 Å². The molecule has 0 saturated carbocycles. The third-order valence-corrected chi connectivity index (χ3v) is 6.65. The van der Waals surface area contributed by atoms with E-state index in [0.717, 1.165) is 34.0 Å². The molecule has 34 heavy (non-hydrogen) atoms. The SMILES string of the molecule is O=C(NC(Cc1ccccc1)C(=O)Nc1ccc2nc(N3CCOCC3)sc2c1)c1ccco1. The second-order valence-corrected chi connectivity index (χ2v) is 8.97. The van der Waals surface area contributed by atoms with Crippen LogP contribution < -0.4 is 15.5 Å². The standard InChI is InChI=1S/C25H24N4O4S/c30-23(20(15-17-5-2-1-3-6-17)27-24(31)21-7-4-12-33-21)26-18-8-9-19-22(16-18)34-25(28-19)29-10-13-32-14-11-29/h1-9,12,16,20H,10-11,13-15H2,(H,26,30)(H,27,31). The zero-order valence-corrected chi connectivity index (χ0v) is 19.2. The van der Waals surface area contributed by atoms with Gasteiger partial charge in [-0.15, -0.1) is 0 Å². The summed E-state index contributed by atoms with van der Waals surface area (Å²) in [6, 6.07) is 17.7. The smallest absolute Gasteiger partial charge is 0.287 e. The maximum absolute atomic E-state index is 13.2. The number of rotatable bonds is 7. The van der Waals surface area contributed by atoms with Crippen LogP contribution in [0.15, 0.2) is 71.3 Å². The fourth-order valence-electron chi connectivity index (χ4n) is 3.81. The molecule has 2 aromatic heterocycles. The van der Waals surface area contributed by atoms with Gasteiger partial charge in [0, 0.05) is 25.2 Å². The van der Waals surface area contributed by atoms with Crippen molar-refractivity contribution in [3.8, 4) is 0 Å². The van der Waals surface area contributed by atoms with E-state index in [9.17, 15) is 9.59 Å². The van der Waals surface area contributed by atoms with Crippen molar-refractivity contribution < 1.29 is 18.7 Å². The number of thiazole rings is 1. The molecule has 0 aliphatic carbocycles. The number of carbonyl (C=O) groups is 2. The van der Waals surface area contributed by atoms with Crippen LogP contribution in [0.25, 0.3) is 10.2 Å². The van der Waals surface area contributed by atoms with E-state index in [0.29, 0.717) is 25.3 Å². The summed E-state index contributed by atoms with van der Waals surface area (Å²) in [6.45, 7) is 3.04. The largest absolute Gasteiger partial charge is 0.459 e. The van der Waals surface area contributed by atoms with Gasteiger partial charge in [-0.1, -0.05) is 41.7 Å². The van der Waals surface area contributed by atoms with Gasteiger partial charge in [0.25, 0.3) is 5.91 Å². The summed E-state index contributed by atoms with van der Waals surface area (Å²) in [5.74, 6) is -0.581. The third-order valence-electron chi connectivity index (χ3n) is 5.58. The minimum absolute atomic E-state index is 0.160. The Kier molecular flexibility index (Phi) is 6.55. The van der Waals surface area contributed by atoms with E-state index in [-0.39, 0.29) is 11.7 Å². The van der Waals surface area contributed by atoms with Crippen LogP contribution in [0, 0.1) is 0 Å². The highest BCUT2D eigenvalue weighted by molar-refractivity contribution is 7.22. The van der Waals surface area contributed by atoms with Gasteiger partial charge in [0.15, 0.2) is 10.9 Å². The molecule has 2 N–H and O–H groups in total. The lowest BCUT2D eigenvalue weighted by Gasteiger charge is -2.25. The number of aromatic nitrogens is 1. The second-order valence-electron chi connectivity index (χ2n) is 7.96. The van der Waals surface area contributed by atoms with Crippen molar-refractivity contribution in [2.45, 2.75) is 12.5 Å². The average Bonchev–Trinajstić information content (AvgIpc) is 3.55. The molecule has 2 amide bonds. The highest BCUT2D eigenvalue weighted by atomic mass is 32.1. The molecule has 1 saturated heterocycles. The van der Waals surface area contributed by atoms with Crippen LogP contribution in [0.4, 0.5) is 10.8 Å². The van der Waals surface area contributed by atoms with E-state index < -0.39 is 11.9 Å². The molecule has 1 aliphatic rings. The van der Waals surface area contributed by atoms with Crippen molar-refractivity contribution in [2.75, 3.05) is 36.5 Å². The van der Waals surface area contributed by atoms with Crippen LogP contribution in [0.1, 0.15) is 16.1 Å². The number of benzene rings is 2. The van der Waals surface area contributed by atoms with Gasteiger partial charge in [-0.25, -0.2) is 4.98 Å². The normalized spacial score (nSPS) is 14.6. The van der Waals surface area contributed by atoms with Crippen LogP contribution in [0.2, 0.25) is 0 Å². The highest BCUT2D eigenvalue weighted by Crippen LogP contribution is 2.31. The average molecular weight is 477 g/mol. The quantitative estimate of drug-likeness (QED) is 0.422. The first-order valence-corrected chi connectivity index (χ1v) is 11.9. The summed E-state index contributed by atoms with van der Waals surface area (Å²) < 4.78 is 11.6. The van der Waals surface area contributed by atoms with Gasteiger partial charge in [-0.3, -0.25) is 9.59 Å². The number of anilines is 2. The Bertz CT molecular complexity index is 1270. The molecule has 0 radical (unpaired) electrons. The van der Waals surface area contributed by atoms with E-state index in [1.54, 1.807) is 23.5 Å². The molecule has 1 fully saturated rings. The van der Waals surface area contributed by atoms with Gasteiger partial charge in [0.05, 0.1) is 29.7 Å². The van der Waals surface area contributed by atoms with Gasteiger partial charge in [-0.2, -0.15) is 0 Å². The highest BCUT2D eigenvalue weighted by Gasteiger charge is 2.24. The molecule has 0 bridgehead atoms. The first kappa shape index (κ1) is 22.1. The second kappa shape index (κ2) is 10.1. The Hall–Kier alpha value is -3.69. The molecule has 1 unspecified atom stereocenters. The zero-order valence-electron chi connectivity index (χ0n) is 18.4. The molecule has 1 atom stereocenters. The number of morpholine rings is 1. The molecule has 4 aromatic rings. The van der Waals surface area contributed by atoms with Crippen molar-refractivity contribution in [3.63, 3.8) is 0 Å². The molecular formula is C25H24N4O4S. The number of furan rings is 1. The summed E-state index contributed by atoms with van der Waals surface area (Å²) >= 11 is 1.59. The maximum Gasteiger partial charge on any atom is 0.287 e. The van der Waals surface area contributed by atoms with Crippen LogP contribution >= 0.6 is 11.3 Å². The third kappa shape index (κ3) is 5.11. The van der Waals surface area contributed by atoms with E-state index in [4.69, 9.17) is 14.1 Å². The predicted molar refractivity (Wildman–Crippen MR) is 131 cm³/mol. The number of carbonyl (C=O) groups excluding carboxylic acids is 2. The Morgan fingerprint density at radius 3 is 2.65 bits per heavy atom. The summed E-state index contributed by atoms with van der Waals surface area (Å²) in [5.41, 5.74) is 2.48. The fraction of sp³-hybridized carbons (Fsp3) is 0.240. The molecule has 1 aliphatic heterocycles. The Morgan fingerprint density at radius 2 is 1.88 bits per heavy atom. The lowest BCUT2D eigenvalue weighted by Crippen LogP contribution is -2.45. The van der Waals surface area contributed by atoms with Gasteiger partial charge in [-0.05, 0) is 35.9 Å². The lowest BCUT2D eigenvalue weighted by molar-refractivity contribution is -0.118. The lowest BCUT2D eigenvalue weighted by atomic mass is 10.0. The topological polar surface area (TPSA) is 96.7 Å². The minimum Gasteiger partial charge on any atom is -0.459 e. The van der Waals surface area contributed by atoms with Gasteiger partial charge in [0.1, 0.15) is 6.04 Å². The van der Waals surface area contributed by atoms with Crippen molar-refractivity contribution in [1.82, 2.24) is 10.3 Å². The van der Waals surface area contributed by atoms with E-state index in [1.807, 2.05) is 48.5 Å². The Balaban J connectivity index is 1.33. The molecule has 3 heterocycles. The summed E-state index contributed by atoms with van der Waals surface area (Å²) in [6.07, 6.45) is 1.78. The molecule has 2 aromatic carbocycles. The number of hydrogen-bond acceptors (Lipinski definition) is 7. The zero-order chi connectivity index (χ0) is 23.3. The van der Waals surface area contributed by atoms with Gasteiger partial charge in [0.2, 0.25) is 5.91 Å². The van der Waals surface area contributed by atoms with Crippen LogP contribution in [-0.2, 0) is 16.0 Å². The van der Waals surface area contributed by atoms with Crippen LogP contribution in [0.5, 0.6) is 0 Å². The molecule has 9 heteroatoms. The van der Waals surface area contributed by atoms with Crippen LogP contribution in [-0.4, -0.2) is 49.1 Å². The van der Waals surface area contributed by atoms with E-state index in [2.05, 4.69) is 15.5 Å². The first-order valence-electron chi connectivity index (χ1n) is 11.1. The fourth-order valence-corrected chi connectivity index (χ4v) is 4.86. The summed E-state index contributed by atoms with van der Waals surface area (Å²) in [7, 11) is 0.